The van der Waals surface area contributed by atoms with Gasteiger partial charge in [0.25, 0.3) is 0 Å². The molecule has 0 aliphatic heterocycles. The molecule has 74 valence electrons. The molecule has 1 rings (SSSR count). The van der Waals surface area contributed by atoms with Gasteiger partial charge in [0, 0.05) is 6.61 Å². The quantitative estimate of drug-likeness (QED) is 0.606. The molecule has 0 saturated heterocycles. The lowest BCUT2D eigenvalue weighted by Crippen LogP contribution is -2.06. The van der Waals surface area contributed by atoms with Crippen molar-refractivity contribution < 1.29 is 13.9 Å². The molecule has 0 atom stereocenters. The van der Waals surface area contributed by atoms with Crippen molar-refractivity contribution in [1.82, 2.24) is 0 Å². The van der Waals surface area contributed by atoms with E-state index >= 15 is 0 Å². The average molecular weight is 184 g/mol. The molecule has 0 saturated carbocycles. The fourth-order valence-corrected chi connectivity index (χ4v) is 0.989. The first-order chi connectivity index (χ1) is 6.43. The van der Waals surface area contributed by atoms with Gasteiger partial charge in [0.1, 0.15) is 0 Å². The van der Waals surface area contributed by atoms with Crippen molar-refractivity contribution in [2.24, 2.45) is 0 Å². The topological polar surface area (TPSA) is 31.6 Å². The molecule has 0 aromatic carbocycles. The molecule has 0 spiro atoms. The molecule has 0 N–H and O–H groups in total. The Bertz CT molecular complexity index is 194. The van der Waals surface area contributed by atoms with Crippen LogP contribution >= 0.6 is 0 Å². The van der Waals surface area contributed by atoms with Gasteiger partial charge in [-0.25, -0.2) is 0 Å². The molecule has 13 heavy (non-hydrogen) atoms. The third kappa shape index (κ3) is 4.70. The maximum absolute atomic E-state index is 5.34. The summed E-state index contributed by atoms with van der Waals surface area (Å²) in [6.45, 7) is 4.82. The monoisotopic (exact) mass is 184 g/mol. The molecule has 0 amide bonds. The lowest BCUT2D eigenvalue weighted by Gasteiger charge is -2.02. The third-order valence-electron chi connectivity index (χ3n) is 1.69. The van der Waals surface area contributed by atoms with Gasteiger partial charge < -0.3 is 13.9 Å². The van der Waals surface area contributed by atoms with Gasteiger partial charge in [-0.3, -0.25) is 0 Å². The molecular formula is C10H16O3. The van der Waals surface area contributed by atoms with E-state index in [4.69, 9.17) is 13.9 Å². The molecule has 0 unspecified atom stereocenters. The van der Waals surface area contributed by atoms with E-state index in [9.17, 15) is 0 Å². The van der Waals surface area contributed by atoms with Crippen LogP contribution in [0.2, 0.25) is 0 Å². The fraction of sp³-hybridized carbons (Fsp3) is 0.600. The maximum atomic E-state index is 5.34. The van der Waals surface area contributed by atoms with Crippen LogP contribution in [-0.4, -0.2) is 26.4 Å². The molecule has 0 aliphatic carbocycles. The first-order valence-electron chi connectivity index (χ1n) is 4.60. The largest absolute Gasteiger partial charge is 0.472 e. The van der Waals surface area contributed by atoms with E-state index in [1.807, 2.05) is 13.0 Å². The Morgan fingerprint density at radius 3 is 2.77 bits per heavy atom. The molecule has 0 fully saturated rings. The molecule has 1 heterocycles. The van der Waals surface area contributed by atoms with E-state index in [0.717, 1.165) is 19.6 Å². The Hall–Kier alpha value is -0.800. The summed E-state index contributed by atoms with van der Waals surface area (Å²) in [4.78, 5) is 0. The van der Waals surface area contributed by atoms with Crippen LogP contribution in [0.4, 0.5) is 0 Å². The number of hydrogen-bond acceptors (Lipinski definition) is 3. The Morgan fingerprint density at radius 1 is 1.23 bits per heavy atom. The highest BCUT2D eigenvalue weighted by Crippen LogP contribution is 2.00. The van der Waals surface area contributed by atoms with Gasteiger partial charge in [0.05, 0.1) is 32.3 Å². The highest BCUT2D eigenvalue weighted by atomic mass is 16.5. The lowest BCUT2D eigenvalue weighted by molar-refractivity contribution is 0.0541. The second-order valence-corrected chi connectivity index (χ2v) is 2.69. The highest BCUT2D eigenvalue weighted by Gasteiger charge is 1.93. The zero-order valence-corrected chi connectivity index (χ0v) is 7.99. The van der Waals surface area contributed by atoms with E-state index in [1.165, 1.54) is 5.56 Å². The van der Waals surface area contributed by atoms with Gasteiger partial charge in [-0.05, 0) is 25.0 Å². The molecule has 1 aromatic heterocycles. The van der Waals surface area contributed by atoms with Gasteiger partial charge >= 0.3 is 0 Å². The van der Waals surface area contributed by atoms with Gasteiger partial charge in [-0.2, -0.15) is 0 Å². The Balaban J connectivity index is 1.90. The summed E-state index contributed by atoms with van der Waals surface area (Å²) in [5.74, 6) is 0. The summed E-state index contributed by atoms with van der Waals surface area (Å²) in [7, 11) is 0. The van der Waals surface area contributed by atoms with Crippen molar-refractivity contribution in [3.8, 4) is 0 Å². The predicted octanol–water partition coefficient (Wildman–Crippen LogP) is 1.88. The summed E-state index contributed by atoms with van der Waals surface area (Å²) in [5, 5.41) is 0. The smallest absolute Gasteiger partial charge is 0.0935 e. The third-order valence-corrected chi connectivity index (χ3v) is 1.69. The van der Waals surface area contributed by atoms with Crippen LogP contribution in [0.5, 0.6) is 0 Å². The molecule has 1 aromatic rings. The number of furan rings is 1. The summed E-state index contributed by atoms with van der Waals surface area (Å²) >= 11 is 0. The highest BCUT2D eigenvalue weighted by molar-refractivity contribution is 5.04. The fourth-order valence-electron chi connectivity index (χ4n) is 0.989. The van der Waals surface area contributed by atoms with Crippen LogP contribution in [0.1, 0.15) is 12.5 Å². The summed E-state index contributed by atoms with van der Waals surface area (Å²) in [6.07, 6.45) is 4.32. The van der Waals surface area contributed by atoms with Crippen molar-refractivity contribution in [3.05, 3.63) is 24.2 Å². The second kappa shape index (κ2) is 6.69. The Labute approximate surface area is 78.6 Å². The minimum atomic E-state index is 0.672. The zero-order chi connectivity index (χ0) is 9.36. The standard InChI is InChI=1S/C10H16O3/c1-2-11-7-8-12-5-3-10-4-6-13-9-10/h4,6,9H,2-3,5,7-8H2,1H3. The molecule has 3 nitrogen and oxygen atoms in total. The van der Waals surface area contributed by atoms with Crippen LogP contribution in [-0.2, 0) is 15.9 Å². The van der Waals surface area contributed by atoms with E-state index in [1.54, 1.807) is 12.5 Å². The summed E-state index contributed by atoms with van der Waals surface area (Å²) < 4.78 is 15.4. The summed E-state index contributed by atoms with van der Waals surface area (Å²) in [6, 6.07) is 1.95. The molecular weight excluding hydrogens is 168 g/mol. The van der Waals surface area contributed by atoms with Gasteiger partial charge in [-0.1, -0.05) is 0 Å². The average Bonchev–Trinajstić information content (AvgIpc) is 2.63. The van der Waals surface area contributed by atoms with Crippen LogP contribution in [0.25, 0.3) is 0 Å². The molecule has 0 bridgehead atoms. The van der Waals surface area contributed by atoms with Crippen LogP contribution < -0.4 is 0 Å². The van der Waals surface area contributed by atoms with Crippen molar-refractivity contribution in [1.29, 1.82) is 0 Å². The van der Waals surface area contributed by atoms with Crippen LogP contribution in [0.3, 0.4) is 0 Å². The van der Waals surface area contributed by atoms with Crippen LogP contribution in [0, 0.1) is 0 Å². The number of rotatable bonds is 7. The molecule has 3 heteroatoms. The van der Waals surface area contributed by atoms with Crippen molar-refractivity contribution >= 4 is 0 Å². The van der Waals surface area contributed by atoms with Gasteiger partial charge in [-0.15, -0.1) is 0 Å². The first kappa shape index (κ1) is 10.3. The SMILES string of the molecule is CCOCCOCCc1ccoc1. The van der Waals surface area contributed by atoms with Crippen molar-refractivity contribution in [2.75, 3.05) is 26.4 Å². The van der Waals surface area contributed by atoms with Gasteiger partial charge in [0.15, 0.2) is 0 Å². The van der Waals surface area contributed by atoms with E-state index in [2.05, 4.69) is 0 Å². The molecule has 0 aliphatic rings. The van der Waals surface area contributed by atoms with Crippen molar-refractivity contribution in [2.45, 2.75) is 13.3 Å². The first-order valence-corrected chi connectivity index (χ1v) is 4.60. The zero-order valence-electron chi connectivity index (χ0n) is 7.99. The predicted molar refractivity (Wildman–Crippen MR) is 49.7 cm³/mol. The van der Waals surface area contributed by atoms with Crippen LogP contribution in [0.15, 0.2) is 23.0 Å². The van der Waals surface area contributed by atoms with Gasteiger partial charge in [0.2, 0.25) is 0 Å². The minimum absolute atomic E-state index is 0.672. The molecule has 0 radical (unpaired) electrons. The van der Waals surface area contributed by atoms with E-state index in [0.29, 0.717) is 13.2 Å². The van der Waals surface area contributed by atoms with E-state index in [-0.39, 0.29) is 0 Å². The number of ether oxygens (including phenoxy) is 2. The number of hydrogen-bond donors (Lipinski definition) is 0. The van der Waals surface area contributed by atoms with Crippen molar-refractivity contribution in [3.63, 3.8) is 0 Å². The van der Waals surface area contributed by atoms with E-state index < -0.39 is 0 Å². The summed E-state index contributed by atoms with van der Waals surface area (Å²) in [5.41, 5.74) is 1.18. The Kier molecular flexibility index (Phi) is 5.29. The lowest BCUT2D eigenvalue weighted by atomic mass is 10.3. The normalized spacial score (nSPS) is 10.5. The minimum Gasteiger partial charge on any atom is -0.472 e. The Morgan fingerprint density at radius 2 is 2.08 bits per heavy atom. The maximum Gasteiger partial charge on any atom is 0.0935 e. The second-order valence-electron chi connectivity index (χ2n) is 2.69.